The largest absolute Gasteiger partial charge is 0.508 e. The van der Waals surface area contributed by atoms with Crippen LogP contribution in [0.5, 0.6) is 5.75 Å². The van der Waals surface area contributed by atoms with E-state index in [1.54, 1.807) is 43.3 Å². The second-order valence-electron chi connectivity index (χ2n) is 6.59. The smallest absolute Gasteiger partial charge is 0.168 e. The fraction of sp³-hybridized carbons (Fsp3) is 0.227. The van der Waals surface area contributed by atoms with Crippen LogP contribution < -0.4 is 0 Å². The molecule has 0 aliphatic rings. The average Bonchev–Trinajstić information content (AvgIpc) is 2.64. The number of benzene rings is 2. The van der Waals surface area contributed by atoms with E-state index in [1.807, 2.05) is 0 Å². The maximum absolute atomic E-state index is 14.6. The monoisotopic (exact) mass is 369 g/mol. The predicted molar refractivity (Wildman–Crippen MR) is 103 cm³/mol. The van der Waals surface area contributed by atoms with Gasteiger partial charge < -0.3 is 10.2 Å². The Morgan fingerprint density at radius 2 is 1.89 bits per heavy atom. The van der Waals surface area contributed by atoms with E-state index in [4.69, 9.17) is 0 Å². The quantitative estimate of drug-likeness (QED) is 0.568. The summed E-state index contributed by atoms with van der Waals surface area (Å²) in [7, 11) is 0. The molecule has 0 bridgehead atoms. The van der Waals surface area contributed by atoms with Gasteiger partial charge in [-0.15, -0.1) is 0 Å². The number of halogens is 2. The van der Waals surface area contributed by atoms with Crippen LogP contribution in [0.1, 0.15) is 31.7 Å². The van der Waals surface area contributed by atoms with E-state index in [0.29, 0.717) is 24.1 Å². The van der Waals surface area contributed by atoms with Gasteiger partial charge >= 0.3 is 0 Å². The van der Waals surface area contributed by atoms with E-state index in [9.17, 15) is 19.0 Å². The number of nitrogens with zero attached hydrogens (tertiary/aromatic N) is 1. The number of aliphatic hydroxyl groups is 1. The Morgan fingerprint density at radius 1 is 1.07 bits per heavy atom. The van der Waals surface area contributed by atoms with Crippen LogP contribution in [-0.2, 0) is 0 Å². The van der Waals surface area contributed by atoms with Crippen molar-refractivity contribution >= 4 is 17.0 Å². The fourth-order valence-electron chi connectivity index (χ4n) is 2.90. The molecule has 0 aliphatic carbocycles. The van der Waals surface area contributed by atoms with Gasteiger partial charge in [-0.2, -0.15) is 0 Å². The maximum atomic E-state index is 14.6. The number of pyridine rings is 1. The van der Waals surface area contributed by atoms with Crippen molar-refractivity contribution in [2.45, 2.75) is 32.3 Å². The maximum Gasteiger partial charge on any atom is 0.168 e. The first-order valence-electron chi connectivity index (χ1n) is 8.88. The summed E-state index contributed by atoms with van der Waals surface area (Å²) >= 11 is 0. The lowest BCUT2D eigenvalue weighted by atomic mass is 10.0. The lowest BCUT2D eigenvalue weighted by Crippen LogP contribution is -1.97. The third-order valence-corrected chi connectivity index (χ3v) is 4.35. The molecular weight excluding hydrogens is 348 g/mol. The molecule has 0 aliphatic heterocycles. The summed E-state index contributed by atoms with van der Waals surface area (Å²) in [5.41, 5.74) is 1.19. The highest BCUT2D eigenvalue weighted by Gasteiger charge is 2.14. The molecule has 0 saturated carbocycles. The van der Waals surface area contributed by atoms with Crippen molar-refractivity contribution in [2.24, 2.45) is 0 Å². The Labute approximate surface area is 156 Å². The van der Waals surface area contributed by atoms with E-state index in [-0.39, 0.29) is 23.0 Å². The molecule has 1 atom stereocenters. The molecule has 2 aromatic carbocycles. The van der Waals surface area contributed by atoms with E-state index >= 15 is 0 Å². The van der Waals surface area contributed by atoms with Crippen molar-refractivity contribution in [3.05, 3.63) is 65.7 Å². The van der Waals surface area contributed by atoms with Crippen LogP contribution in [0.15, 0.2) is 48.5 Å². The van der Waals surface area contributed by atoms with Crippen LogP contribution in [-0.4, -0.2) is 21.3 Å². The summed E-state index contributed by atoms with van der Waals surface area (Å²) in [5, 5.41) is 19.4. The fourth-order valence-corrected chi connectivity index (χ4v) is 2.90. The Kier molecular flexibility index (Phi) is 5.81. The van der Waals surface area contributed by atoms with Crippen LogP contribution in [0.3, 0.4) is 0 Å². The first kappa shape index (κ1) is 19.0. The Hall–Kier alpha value is -2.79. The van der Waals surface area contributed by atoms with Gasteiger partial charge in [-0.05, 0) is 56.5 Å². The van der Waals surface area contributed by atoms with Crippen LogP contribution in [0.25, 0.3) is 28.2 Å². The summed E-state index contributed by atoms with van der Waals surface area (Å²) in [6.07, 6.45) is 5.12. The molecule has 3 nitrogen and oxygen atoms in total. The van der Waals surface area contributed by atoms with E-state index < -0.39 is 11.6 Å². The number of aliphatic hydroxyl groups excluding tert-OH is 1. The minimum Gasteiger partial charge on any atom is -0.508 e. The number of hydrogen-bond acceptors (Lipinski definition) is 3. The van der Waals surface area contributed by atoms with Crippen LogP contribution in [0.4, 0.5) is 8.78 Å². The van der Waals surface area contributed by atoms with Crippen molar-refractivity contribution in [3.63, 3.8) is 0 Å². The number of rotatable bonds is 6. The molecule has 1 aromatic heterocycles. The zero-order valence-electron chi connectivity index (χ0n) is 15.0. The normalized spacial score (nSPS) is 12.7. The first-order chi connectivity index (χ1) is 13.0. The third-order valence-electron chi connectivity index (χ3n) is 4.35. The Morgan fingerprint density at radius 3 is 2.67 bits per heavy atom. The van der Waals surface area contributed by atoms with Crippen molar-refractivity contribution < 1.29 is 19.0 Å². The molecule has 0 amide bonds. The molecule has 0 fully saturated rings. The molecule has 0 spiro atoms. The van der Waals surface area contributed by atoms with E-state index in [0.717, 1.165) is 11.8 Å². The van der Waals surface area contributed by atoms with E-state index in [1.165, 1.54) is 18.2 Å². The van der Waals surface area contributed by atoms with Gasteiger partial charge in [-0.3, -0.25) is 0 Å². The summed E-state index contributed by atoms with van der Waals surface area (Å²) in [5.74, 6) is -1.72. The summed E-state index contributed by atoms with van der Waals surface area (Å²) in [4.78, 5) is 4.36. The molecule has 1 unspecified atom stereocenters. The second-order valence-corrected chi connectivity index (χ2v) is 6.59. The highest BCUT2D eigenvalue weighted by Crippen LogP contribution is 2.28. The van der Waals surface area contributed by atoms with Gasteiger partial charge in [-0.25, -0.2) is 13.8 Å². The lowest BCUT2D eigenvalue weighted by Gasteiger charge is -2.07. The average molecular weight is 369 g/mol. The Balaban J connectivity index is 1.84. The molecule has 2 N–H and O–H groups in total. The number of aromatic nitrogens is 1. The highest BCUT2D eigenvalue weighted by molar-refractivity contribution is 5.83. The molecule has 1 heterocycles. The number of phenols is 1. The molecule has 0 saturated heterocycles. The topological polar surface area (TPSA) is 53.4 Å². The number of aromatic hydroxyl groups is 1. The van der Waals surface area contributed by atoms with Crippen LogP contribution >= 0.6 is 0 Å². The van der Waals surface area contributed by atoms with Crippen molar-refractivity contribution in [3.8, 4) is 17.0 Å². The highest BCUT2D eigenvalue weighted by atomic mass is 19.2. The van der Waals surface area contributed by atoms with E-state index in [2.05, 4.69) is 4.98 Å². The van der Waals surface area contributed by atoms with Crippen molar-refractivity contribution in [1.29, 1.82) is 0 Å². The Bertz CT molecular complexity index is 983. The standard InChI is InChI=1S/C22H21F2NO2/c1-14(26)5-3-2-4-6-15-7-10-18(22(24)21(15)23)20-11-8-16-13-17(27)9-12-19(16)25-20/h4,6-14,26-27H,2-3,5H2,1H3. The molecule has 5 heteroatoms. The van der Waals surface area contributed by atoms with Gasteiger partial charge in [0.1, 0.15) is 5.75 Å². The molecule has 3 aromatic rings. The summed E-state index contributed by atoms with van der Waals surface area (Å²) < 4.78 is 29.0. The van der Waals surface area contributed by atoms with Crippen LogP contribution in [0.2, 0.25) is 0 Å². The zero-order chi connectivity index (χ0) is 19.4. The molecule has 3 rings (SSSR count). The third kappa shape index (κ3) is 4.49. The van der Waals surface area contributed by atoms with Gasteiger partial charge in [-0.1, -0.05) is 24.3 Å². The lowest BCUT2D eigenvalue weighted by molar-refractivity contribution is 0.182. The minimum atomic E-state index is -0.938. The SMILES string of the molecule is CC(O)CCCC=Cc1ccc(-c2ccc3cc(O)ccc3n2)c(F)c1F. The minimum absolute atomic E-state index is 0.0914. The number of fused-ring (bicyclic) bond motifs is 1. The number of allylic oxidation sites excluding steroid dienone is 1. The molecule has 27 heavy (non-hydrogen) atoms. The summed E-state index contributed by atoms with van der Waals surface area (Å²) in [6, 6.07) is 11.1. The molecule has 0 radical (unpaired) electrons. The van der Waals surface area contributed by atoms with Gasteiger partial charge in [0.05, 0.1) is 17.3 Å². The summed E-state index contributed by atoms with van der Waals surface area (Å²) in [6.45, 7) is 1.72. The molecular formula is C22H21F2NO2. The molecule has 140 valence electrons. The van der Waals surface area contributed by atoms with Gasteiger partial charge in [0, 0.05) is 16.5 Å². The van der Waals surface area contributed by atoms with Gasteiger partial charge in [0.15, 0.2) is 11.6 Å². The van der Waals surface area contributed by atoms with Gasteiger partial charge in [0.25, 0.3) is 0 Å². The number of hydrogen-bond donors (Lipinski definition) is 2. The van der Waals surface area contributed by atoms with Crippen molar-refractivity contribution in [1.82, 2.24) is 4.98 Å². The zero-order valence-corrected chi connectivity index (χ0v) is 15.0. The number of phenolic OH excluding ortho intramolecular Hbond substituents is 1. The number of unbranched alkanes of at least 4 members (excludes halogenated alkanes) is 1. The van der Waals surface area contributed by atoms with Gasteiger partial charge in [0.2, 0.25) is 0 Å². The predicted octanol–water partition coefficient (Wildman–Crippen LogP) is 5.45. The van der Waals surface area contributed by atoms with Crippen LogP contribution in [0, 0.1) is 11.6 Å². The van der Waals surface area contributed by atoms with Crippen molar-refractivity contribution in [2.75, 3.05) is 0 Å². The second kappa shape index (κ2) is 8.27. The first-order valence-corrected chi connectivity index (χ1v) is 8.88.